The van der Waals surface area contributed by atoms with E-state index in [9.17, 15) is 9.90 Å². The summed E-state index contributed by atoms with van der Waals surface area (Å²) in [5, 5.41) is 9.78. The summed E-state index contributed by atoms with van der Waals surface area (Å²) in [4.78, 5) is 17.4. The lowest BCUT2D eigenvalue weighted by Gasteiger charge is -2.30. The Morgan fingerprint density at radius 2 is 1.92 bits per heavy atom. The molecule has 2 aliphatic heterocycles. The van der Waals surface area contributed by atoms with E-state index in [4.69, 9.17) is 0 Å². The topological polar surface area (TPSA) is 48.7 Å². The number of carbonyl (C=O) groups excluding carboxylic acids is 1. The van der Waals surface area contributed by atoms with Crippen LogP contribution in [0.1, 0.15) is 49.6 Å². The first kappa shape index (κ1) is 17.5. The Hall–Kier alpha value is -1.33. The number of aliphatic hydroxyl groups excluding tert-OH is 1. The predicted molar refractivity (Wildman–Crippen MR) is 95.1 cm³/mol. The molecule has 3 rings (SSSR count). The Kier molecular flexibility index (Phi) is 5.61. The lowest BCUT2D eigenvalue weighted by Crippen LogP contribution is -2.37. The molecule has 2 aliphatic rings. The highest BCUT2D eigenvalue weighted by Gasteiger charge is 2.36. The summed E-state index contributed by atoms with van der Waals surface area (Å²) in [7, 11) is 0. The second kappa shape index (κ2) is 7.70. The number of hydrogen-bond donors (Lipinski definition) is 1. The van der Waals surface area contributed by atoms with Crippen molar-refractivity contribution in [3.63, 3.8) is 0 Å². The van der Waals surface area contributed by atoms with Gasteiger partial charge < -0.3 is 19.5 Å². The summed E-state index contributed by atoms with van der Waals surface area (Å²) in [6.07, 6.45) is 5.87. The molecule has 1 aromatic rings. The molecule has 2 atom stereocenters. The second-order valence-corrected chi connectivity index (χ2v) is 7.67. The van der Waals surface area contributed by atoms with Crippen molar-refractivity contribution in [1.82, 2.24) is 14.4 Å². The molecular formula is C19H31N3O2. The van der Waals surface area contributed by atoms with Gasteiger partial charge in [0.25, 0.3) is 5.91 Å². The first-order chi connectivity index (χ1) is 11.6. The lowest BCUT2D eigenvalue weighted by molar-refractivity contribution is 0.0766. The second-order valence-electron chi connectivity index (χ2n) is 7.67. The molecule has 0 aliphatic carbocycles. The number of aromatic nitrogens is 1. The van der Waals surface area contributed by atoms with Crippen molar-refractivity contribution in [3.8, 4) is 0 Å². The zero-order valence-electron chi connectivity index (χ0n) is 15.0. The third kappa shape index (κ3) is 3.67. The first-order valence-corrected chi connectivity index (χ1v) is 9.39. The molecule has 0 radical (unpaired) electrons. The van der Waals surface area contributed by atoms with Gasteiger partial charge in [-0.25, -0.2) is 0 Å². The van der Waals surface area contributed by atoms with Crippen molar-refractivity contribution in [1.29, 1.82) is 0 Å². The molecule has 0 saturated carbocycles. The summed E-state index contributed by atoms with van der Waals surface area (Å²) < 4.78 is 2.04. The number of piperidine rings is 1. The van der Waals surface area contributed by atoms with E-state index in [1.807, 2.05) is 27.8 Å². The van der Waals surface area contributed by atoms with Gasteiger partial charge in [-0.2, -0.15) is 0 Å². The van der Waals surface area contributed by atoms with Crippen molar-refractivity contribution in [2.75, 3.05) is 39.3 Å². The minimum absolute atomic E-state index is 0.105. The molecule has 134 valence electrons. The highest BCUT2D eigenvalue weighted by Crippen LogP contribution is 2.27. The molecule has 0 bridgehead atoms. The number of nitrogens with zero attached hydrogens (tertiary/aromatic N) is 3. The molecule has 24 heavy (non-hydrogen) atoms. The number of rotatable bonds is 5. The summed E-state index contributed by atoms with van der Waals surface area (Å²) in [5.74, 6) is 0.700. The third-order valence-electron chi connectivity index (χ3n) is 5.59. The molecule has 0 aromatic carbocycles. The Morgan fingerprint density at radius 3 is 2.58 bits per heavy atom. The van der Waals surface area contributed by atoms with Crippen molar-refractivity contribution in [2.45, 2.75) is 39.2 Å². The van der Waals surface area contributed by atoms with Gasteiger partial charge in [-0.1, -0.05) is 6.42 Å². The van der Waals surface area contributed by atoms with E-state index < -0.39 is 0 Å². The quantitative estimate of drug-likeness (QED) is 0.899. The zero-order valence-corrected chi connectivity index (χ0v) is 15.0. The molecule has 3 heterocycles. The standard InChI is InChI=1S/C19H31N3O2/c1-15(2)22-10-6-7-18(22)19(24)21-12-16(17(13-21)14-23)11-20-8-4-3-5-9-20/h6-7,10,15-17,23H,3-5,8-9,11-14H2,1-2H3/t16-,17-/m1/s1. The van der Waals surface area contributed by atoms with Gasteiger partial charge in [0, 0.05) is 44.4 Å². The molecule has 1 amide bonds. The van der Waals surface area contributed by atoms with E-state index in [0.29, 0.717) is 12.5 Å². The number of amides is 1. The van der Waals surface area contributed by atoms with E-state index in [-0.39, 0.29) is 24.5 Å². The lowest BCUT2D eigenvalue weighted by atomic mass is 9.95. The molecule has 5 nitrogen and oxygen atoms in total. The van der Waals surface area contributed by atoms with E-state index in [0.717, 1.165) is 18.8 Å². The summed E-state index contributed by atoms with van der Waals surface area (Å²) in [6.45, 7) is 9.15. The van der Waals surface area contributed by atoms with Gasteiger partial charge >= 0.3 is 0 Å². The van der Waals surface area contributed by atoms with Crippen LogP contribution in [0.4, 0.5) is 0 Å². The van der Waals surface area contributed by atoms with Crippen LogP contribution < -0.4 is 0 Å². The third-order valence-corrected chi connectivity index (χ3v) is 5.59. The van der Waals surface area contributed by atoms with Crippen molar-refractivity contribution < 1.29 is 9.90 Å². The number of carbonyl (C=O) groups is 1. The normalized spacial score (nSPS) is 25.6. The predicted octanol–water partition coefficient (Wildman–Crippen LogP) is 2.24. The number of likely N-dealkylation sites (tertiary alicyclic amines) is 2. The summed E-state index contributed by atoms with van der Waals surface area (Å²) >= 11 is 0. The van der Waals surface area contributed by atoms with Crippen molar-refractivity contribution >= 4 is 5.91 Å². The van der Waals surface area contributed by atoms with Gasteiger partial charge in [-0.3, -0.25) is 4.79 Å². The molecule has 0 spiro atoms. The van der Waals surface area contributed by atoms with E-state index >= 15 is 0 Å². The fourth-order valence-corrected chi connectivity index (χ4v) is 4.18. The molecule has 1 aromatic heterocycles. The molecular weight excluding hydrogens is 302 g/mol. The maximum absolute atomic E-state index is 12.9. The van der Waals surface area contributed by atoms with E-state index in [2.05, 4.69) is 18.7 Å². The van der Waals surface area contributed by atoms with Crippen LogP contribution in [0.15, 0.2) is 18.3 Å². The Balaban J connectivity index is 1.66. The number of hydrogen-bond acceptors (Lipinski definition) is 3. The Bertz CT molecular complexity index is 549. The van der Waals surface area contributed by atoms with Crippen LogP contribution in [-0.4, -0.2) is 64.7 Å². The van der Waals surface area contributed by atoms with Crippen LogP contribution in [0.3, 0.4) is 0 Å². The van der Waals surface area contributed by atoms with Crippen molar-refractivity contribution in [2.24, 2.45) is 11.8 Å². The van der Waals surface area contributed by atoms with Crippen LogP contribution in [-0.2, 0) is 0 Å². The highest BCUT2D eigenvalue weighted by molar-refractivity contribution is 5.93. The Morgan fingerprint density at radius 1 is 1.21 bits per heavy atom. The van der Waals surface area contributed by atoms with Crippen molar-refractivity contribution in [3.05, 3.63) is 24.0 Å². The van der Waals surface area contributed by atoms with Crippen LogP contribution in [0.2, 0.25) is 0 Å². The average molecular weight is 333 g/mol. The minimum atomic E-state index is 0.105. The number of aliphatic hydroxyl groups is 1. The van der Waals surface area contributed by atoms with Gasteiger partial charge in [-0.05, 0) is 57.8 Å². The molecule has 0 unspecified atom stereocenters. The Labute approximate surface area is 145 Å². The molecule has 2 fully saturated rings. The van der Waals surface area contributed by atoms with E-state index in [1.54, 1.807) is 0 Å². The van der Waals surface area contributed by atoms with E-state index in [1.165, 1.54) is 32.4 Å². The molecule has 2 saturated heterocycles. The van der Waals surface area contributed by atoms with Gasteiger partial charge in [0.15, 0.2) is 0 Å². The average Bonchev–Trinajstić information content (AvgIpc) is 3.22. The summed E-state index contributed by atoms with van der Waals surface area (Å²) in [6, 6.07) is 4.13. The largest absolute Gasteiger partial charge is 0.396 e. The molecule has 1 N–H and O–H groups in total. The van der Waals surface area contributed by atoms with Gasteiger partial charge in [0.05, 0.1) is 0 Å². The smallest absolute Gasteiger partial charge is 0.270 e. The maximum atomic E-state index is 12.9. The highest BCUT2D eigenvalue weighted by atomic mass is 16.3. The minimum Gasteiger partial charge on any atom is -0.396 e. The van der Waals surface area contributed by atoms with Crippen LogP contribution in [0, 0.1) is 11.8 Å². The zero-order chi connectivity index (χ0) is 17.1. The molecule has 5 heteroatoms. The maximum Gasteiger partial charge on any atom is 0.270 e. The van der Waals surface area contributed by atoms with Crippen LogP contribution in [0.5, 0.6) is 0 Å². The summed E-state index contributed by atoms with van der Waals surface area (Å²) in [5.41, 5.74) is 0.764. The van der Waals surface area contributed by atoms with Gasteiger partial charge in [-0.15, -0.1) is 0 Å². The first-order valence-electron chi connectivity index (χ1n) is 9.39. The fraction of sp³-hybridized carbons (Fsp3) is 0.737. The SMILES string of the molecule is CC(C)n1cccc1C(=O)N1C[C@@H](CN2CCCCC2)[C@@H](CO)C1. The monoisotopic (exact) mass is 333 g/mol. The van der Waals surface area contributed by atoms with Gasteiger partial charge in [0.2, 0.25) is 0 Å². The van der Waals surface area contributed by atoms with Crippen LogP contribution >= 0.6 is 0 Å². The van der Waals surface area contributed by atoms with Gasteiger partial charge in [0.1, 0.15) is 5.69 Å². The van der Waals surface area contributed by atoms with Crippen LogP contribution in [0.25, 0.3) is 0 Å². The fourth-order valence-electron chi connectivity index (χ4n) is 4.18.